The lowest BCUT2D eigenvalue weighted by Crippen LogP contribution is -2.31. The average molecular weight is 232 g/mol. The van der Waals surface area contributed by atoms with Crippen molar-refractivity contribution in [2.45, 2.75) is 13.8 Å². The number of amides is 1. The minimum Gasteiger partial charge on any atom is -0.483 e. The molecule has 0 spiro atoms. The van der Waals surface area contributed by atoms with Crippen LogP contribution in [0, 0.1) is 18.3 Å². The van der Waals surface area contributed by atoms with Gasteiger partial charge in [0, 0.05) is 13.6 Å². The van der Waals surface area contributed by atoms with Crippen molar-refractivity contribution in [3.05, 3.63) is 29.3 Å². The second kappa shape index (κ2) is 5.90. The first kappa shape index (κ1) is 13.0. The van der Waals surface area contributed by atoms with E-state index >= 15 is 0 Å². The first-order chi connectivity index (χ1) is 8.08. The van der Waals surface area contributed by atoms with Gasteiger partial charge in [0.05, 0.1) is 11.6 Å². The van der Waals surface area contributed by atoms with Gasteiger partial charge in [0.15, 0.2) is 6.61 Å². The molecule has 0 aliphatic rings. The lowest BCUT2D eigenvalue weighted by Gasteiger charge is -2.15. The molecular formula is C13H16N2O2. The fourth-order valence-electron chi connectivity index (χ4n) is 1.25. The topological polar surface area (TPSA) is 53.3 Å². The maximum absolute atomic E-state index is 11.5. The number of hydrogen-bond acceptors (Lipinski definition) is 3. The summed E-state index contributed by atoms with van der Waals surface area (Å²) in [4.78, 5) is 13.1. The molecule has 90 valence electrons. The summed E-state index contributed by atoms with van der Waals surface area (Å²) in [6.45, 7) is 4.43. The zero-order valence-corrected chi connectivity index (χ0v) is 10.4. The molecule has 17 heavy (non-hydrogen) atoms. The number of carbonyl (C=O) groups excluding carboxylic acids is 1. The molecule has 0 N–H and O–H groups in total. The summed E-state index contributed by atoms with van der Waals surface area (Å²) >= 11 is 0. The van der Waals surface area contributed by atoms with Crippen LogP contribution in [-0.4, -0.2) is 31.0 Å². The number of likely N-dealkylation sites (N-methyl/N-ethyl adjacent to an activating group) is 1. The van der Waals surface area contributed by atoms with Gasteiger partial charge in [0.25, 0.3) is 5.91 Å². The van der Waals surface area contributed by atoms with E-state index in [0.29, 0.717) is 17.9 Å². The van der Waals surface area contributed by atoms with E-state index in [1.54, 1.807) is 24.1 Å². The Balaban J connectivity index is 2.69. The monoisotopic (exact) mass is 232 g/mol. The zero-order chi connectivity index (χ0) is 12.8. The summed E-state index contributed by atoms with van der Waals surface area (Å²) in [7, 11) is 1.73. The standard InChI is InChI=1S/C13H16N2O2/c1-4-15(3)13(16)9-17-12-7-11(8-14)6-5-10(12)2/h5-7H,4,9H2,1-3H3. The average Bonchev–Trinajstić information content (AvgIpc) is 2.36. The smallest absolute Gasteiger partial charge is 0.260 e. The van der Waals surface area contributed by atoms with Crippen LogP contribution in [0.5, 0.6) is 5.75 Å². The third-order valence-corrected chi connectivity index (χ3v) is 2.57. The summed E-state index contributed by atoms with van der Waals surface area (Å²) in [5.74, 6) is 0.510. The largest absolute Gasteiger partial charge is 0.483 e. The van der Waals surface area contributed by atoms with Crippen LogP contribution in [0.1, 0.15) is 18.1 Å². The van der Waals surface area contributed by atoms with Gasteiger partial charge in [0.1, 0.15) is 5.75 Å². The molecule has 0 saturated carbocycles. The van der Waals surface area contributed by atoms with E-state index in [4.69, 9.17) is 10.00 Å². The highest BCUT2D eigenvalue weighted by atomic mass is 16.5. The Bertz CT molecular complexity index is 449. The third-order valence-electron chi connectivity index (χ3n) is 2.57. The fourth-order valence-corrected chi connectivity index (χ4v) is 1.25. The fraction of sp³-hybridized carbons (Fsp3) is 0.385. The van der Waals surface area contributed by atoms with Gasteiger partial charge in [-0.05, 0) is 31.5 Å². The van der Waals surface area contributed by atoms with Gasteiger partial charge >= 0.3 is 0 Å². The zero-order valence-electron chi connectivity index (χ0n) is 10.4. The van der Waals surface area contributed by atoms with E-state index in [9.17, 15) is 4.79 Å². The second-order valence-electron chi connectivity index (χ2n) is 3.79. The van der Waals surface area contributed by atoms with E-state index in [2.05, 4.69) is 0 Å². The predicted molar refractivity (Wildman–Crippen MR) is 64.7 cm³/mol. The summed E-state index contributed by atoms with van der Waals surface area (Å²) in [6.07, 6.45) is 0. The molecule has 0 saturated heterocycles. The summed E-state index contributed by atoms with van der Waals surface area (Å²) < 4.78 is 5.42. The Morgan fingerprint density at radius 3 is 2.82 bits per heavy atom. The number of carbonyl (C=O) groups is 1. The van der Waals surface area contributed by atoms with E-state index in [1.165, 1.54) is 0 Å². The molecule has 0 aliphatic carbocycles. The normalized spacial score (nSPS) is 9.53. The number of rotatable bonds is 4. The van der Waals surface area contributed by atoms with E-state index in [-0.39, 0.29) is 12.5 Å². The Morgan fingerprint density at radius 2 is 2.24 bits per heavy atom. The first-order valence-electron chi connectivity index (χ1n) is 5.46. The van der Waals surface area contributed by atoms with Crippen LogP contribution < -0.4 is 4.74 Å². The van der Waals surface area contributed by atoms with Crippen molar-refractivity contribution in [2.24, 2.45) is 0 Å². The molecule has 0 radical (unpaired) electrons. The van der Waals surface area contributed by atoms with Crippen molar-refractivity contribution < 1.29 is 9.53 Å². The third kappa shape index (κ3) is 3.49. The summed E-state index contributed by atoms with van der Waals surface area (Å²) in [5.41, 5.74) is 1.44. The van der Waals surface area contributed by atoms with Crippen LogP contribution in [0.3, 0.4) is 0 Å². The van der Waals surface area contributed by atoms with Crippen molar-refractivity contribution in [1.29, 1.82) is 5.26 Å². The molecular weight excluding hydrogens is 216 g/mol. The number of benzene rings is 1. The van der Waals surface area contributed by atoms with Gasteiger partial charge in [-0.3, -0.25) is 4.79 Å². The molecule has 0 atom stereocenters. The Morgan fingerprint density at radius 1 is 1.53 bits per heavy atom. The van der Waals surface area contributed by atoms with Gasteiger partial charge in [0.2, 0.25) is 0 Å². The molecule has 0 bridgehead atoms. The highest BCUT2D eigenvalue weighted by molar-refractivity contribution is 5.77. The highest BCUT2D eigenvalue weighted by Crippen LogP contribution is 2.19. The molecule has 0 aliphatic heterocycles. The molecule has 0 unspecified atom stereocenters. The molecule has 4 nitrogen and oxygen atoms in total. The lowest BCUT2D eigenvalue weighted by atomic mass is 10.1. The summed E-state index contributed by atoms with van der Waals surface area (Å²) in [5, 5.41) is 8.78. The SMILES string of the molecule is CCN(C)C(=O)COc1cc(C#N)ccc1C. The molecule has 0 heterocycles. The van der Waals surface area contributed by atoms with Crippen molar-refractivity contribution in [3.63, 3.8) is 0 Å². The highest BCUT2D eigenvalue weighted by Gasteiger charge is 2.08. The quantitative estimate of drug-likeness (QED) is 0.794. The van der Waals surface area contributed by atoms with Crippen LogP contribution in [0.2, 0.25) is 0 Å². The maximum Gasteiger partial charge on any atom is 0.260 e. The lowest BCUT2D eigenvalue weighted by molar-refractivity contribution is -0.131. The maximum atomic E-state index is 11.5. The van der Waals surface area contributed by atoms with Crippen molar-refractivity contribution in [2.75, 3.05) is 20.2 Å². The molecule has 0 fully saturated rings. The van der Waals surface area contributed by atoms with Crippen LogP contribution >= 0.6 is 0 Å². The number of aryl methyl sites for hydroxylation is 1. The number of nitriles is 1. The van der Waals surface area contributed by atoms with Crippen LogP contribution in [0.25, 0.3) is 0 Å². The van der Waals surface area contributed by atoms with Gasteiger partial charge in [-0.2, -0.15) is 5.26 Å². The number of nitrogens with zero attached hydrogens (tertiary/aromatic N) is 2. The minimum absolute atomic E-state index is 0.0000614. The van der Waals surface area contributed by atoms with Gasteiger partial charge in [-0.1, -0.05) is 6.07 Å². The summed E-state index contributed by atoms with van der Waals surface area (Å²) in [6, 6.07) is 7.22. The Labute approximate surface area is 101 Å². The van der Waals surface area contributed by atoms with E-state index < -0.39 is 0 Å². The van der Waals surface area contributed by atoms with Crippen LogP contribution in [0.4, 0.5) is 0 Å². The molecule has 1 rings (SSSR count). The first-order valence-corrected chi connectivity index (χ1v) is 5.46. The second-order valence-corrected chi connectivity index (χ2v) is 3.79. The van der Waals surface area contributed by atoms with Crippen LogP contribution in [-0.2, 0) is 4.79 Å². The number of ether oxygens (including phenoxy) is 1. The molecule has 1 amide bonds. The molecule has 4 heteroatoms. The molecule has 1 aromatic rings. The Kier molecular flexibility index (Phi) is 4.53. The van der Waals surface area contributed by atoms with Gasteiger partial charge in [-0.15, -0.1) is 0 Å². The van der Waals surface area contributed by atoms with Gasteiger partial charge in [-0.25, -0.2) is 0 Å². The van der Waals surface area contributed by atoms with Crippen molar-refractivity contribution in [1.82, 2.24) is 4.90 Å². The molecule has 0 aromatic heterocycles. The van der Waals surface area contributed by atoms with Crippen molar-refractivity contribution in [3.8, 4) is 11.8 Å². The number of hydrogen-bond donors (Lipinski definition) is 0. The van der Waals surface area contributed by atoms with E-state index in [1.807, 2.05) is 26.0 Å². The van der Waals surface area contributed by atoms with Gasteiger partial charge < -0.3 is 9.64 Å². The Hall–Kier alpha value is -2.02. The minimum atomic E-state index is -0.0748. The predicted octanol–water partition coefficient (Wildman–Crippen LogP) is 1.72. The molecule has 1 aromatic carbocycles. The van der Waals surface area contributed by atoms with E-state index in [0.717, 1.165) is 5.56 Å². The van der Waals surface area contributed by atoms with Crippen LogP contribution in [0.15, 0.2) is 18.2 Å². The van der Waals surface area contributed by atoms with Crippen molar-refractivity contribution >= 4 is 5.91 Å².